The molecule has 0 saturated carbocycles. The van der Waals surface area contributed by atoms with Crippen LogP contribution in [-0.2, 0) is 19.1 Å². The van der Waals surface area contributed by atoms with E-state index in [-0.39, 0.29) is 37.1 Å². The van der Waals surface area contributed by atoms with Gasteiger partial charge < -0.3 is 14.7 Å². The Kier molecular flexibility index (Phi) is 8.72. The van der Waals surface area contributed by atoms with Crippen molar-refractivity contribution in [2.45, 2.75) is 38.1 Å². The molecule has 27 heavy (non-hydrogen) atoms. The molecule has 1 fully saturated rings. The number of benzene rings is 1. The molecule has 1 aliphatic heterocycles. The van der Waals surface area contributed by atoms with Gasteiger partial charge in [0.2, 0.25) is 5.91 Å². The highest BCUT2D eigenvalue weighted by molar-refractivity contribution is 6.01. The molecule has 1 amide bonds. The van der Waals surface area contributed by atoms with Gasteiger partial charge in [0.15, 0.2) is 0 Å². The fourth-order valence-corrected chi connectivity index (χ4v) is 3.40. The van der Waals surface area contributed by atoms with Crippen molar-refractivity contribution in [3.8, 4) is 0 Å². The lowest BCUT2D eigenvalue weighted by Crippen LogP contribution is -2.62. The van der Waals surface area contributed by atoms with Gasteiger partial charge in [-0.05, 0) is 25.0 Å². The lowest BCUT2D eigenvalue weighted by Gasteiger charge is -2.45. The lowest BCUT2D eigenvalue weighted by atomic mass is 9.84. The summed E-state index contributed by atoms with van der Waals surface area (Å²) in [5, 5.41) is 10.0. The van der Waals surface area contributed by atoms with E-state index in [9.17, 15) is 19.5 Å². The smallest absolute Gasteiger partial charge is 0.330 e. The Hall–Kier alpha value is -2.12. The third-order valence-corrected chi connectivity index (χ3v) is 4.94. The minimum Gasteiger partial charge on any atom is -0.479 e. The molecule has 7 nitrogen and oxygen atoms in total. The molecule has 0 aromatic heterocycles. The lowest BCUT2D eigenvalue weighted by molar-refractivity contribution is -0.148. The van der Waals surface area contributed by atoms with Gasteiger partial charge in [-0.2, -0.15) is 0 Å². The Labute approximate surface area is 165 Å². The molecular formula is C19H27ClN2O5. The Morgan fingerprint density at radius 2 is 1.78 bits per heavy atom. The zero-order valence-electron chi connectivity index (χ0n) is 15.7. The molecule has 1 aromatic carbocycles. The van der Waals surface area contributed by atoms with Crippen LogP contribution >= 0.6 is 12.4 Å². The first kappa shape index (κ1) is 22.9. The Morgan fingerprint density at radius 1 is 1.19 bits per heavy atom. The summed E-state index contributed by atoms with van der Waals surface area (Å²) in [7, 11) is 1.35. The summed E-state index contributed by atoms with van der Waals surface area (Å²) in [6, 6.07) is 8.96. The minimum absolute atomic E-state index is 0. The van der Waals surface area contributed by atoms with Crippen molar-refractivity contribution < 1.29 is 24.2 Å². The molecule has 0 radical (unpaired) electrons. The highest BCUT2D eigenvalue weighted by Gasteiger charge is 2.48. The monoisotopic (exact) mass is 398 g/mol. The molecule has 1 heterocycles. The molecule has 1 aromatic rings. The molecule has 0 spiro atoms. The van der Waals surface area contributed by atoms with Crippen molar-refractivity contribution in [2.75, 3.05) is 31.6 Å². The quantitative estimate of drug-likeness (QED) is 0.709. The summed E-state index contributed by atoms with van der Waals surface area (Å²) in [6.07, 6.45) is 1.12. The first-order valence-corrected chi connectivity index (χ1v) is 8.85. The van der Waals surface area contributed by atoms with Crippen molar-refractivity contribution in [1.29, 1.82) is 0 Å². The molecule has 1 saturated heterocycles. The van der Waals surface area contributed by atoms with E-state index in [0.717, 1.165) is 0 Å². The molecular weight excluding hydrogens is 372 g/mol. The first-order valence-electron chi connectivity index (χ1n) is 8.85. The highest BCUT2D eigenvalue weighted by Crippen LogP contribution is 2.34. The highest BCUT2D eigenvalue weighted by atomic mass is 35.5. The van der Waals surface area contributed by atoms with Gasteiger partial charge in [-0.1, -0.05) is 25.1 Å². The third kappa shape index (κ3) is 5.20. The van der Waals surface area contributed by atoms with E-state index in [4.69, 9.17) is 0 Å². The van der Waals surface area contributed by atoms with Gasteiger partial charge in [-0.15, -0.1) is 12.4 Å². The molecule has 0 bridgehead atoms. The number of piperidine rings is 1. The zero-order chi connectivity index (χ0) is 19.2. The first-order chi connectivity index (χ1) is 12.4. The number of carbonyl (C=O) groups is 3. The topological polar surface area (TPSA) is 87.2 Å². The van der Waals surface area contributed by atoms with E-state index >= 15 is 0 Å². The van der Waals surface area contributed by atoms with Crippen molar-refractivity contribution in [3.05, 3.63) is 30.3 Å². The summed E-state index contributed by atoms with van der Waals surface area (Å²) in [5.41, 5.74) is -0.666. The van der Waals surface area contributed by atoms with Gasteiger partial charge in [-0.25, -0.2) is 4.79 Å². The van der Waals surface area contributed by atoms with Crippen LogP contribution in [0.3, 0.4) is 0 Å². The average Bonchev–Trinajstić information content (AvgIpc) is 2.67. The largest absolute Gasteiger partial charge is 0.479 e. The number of ether oxygens (including phenoxy) is 1. The second kappa shape index (κ2) is 10.3. The van der Waals surface area contributed by atoms with E-state index in [1.165, 1.54) is 12.0 Å². The van der Waals surface area contributed by atoms with Gasteiger partial charge >= 0.3 is 11.9 Å². The maximum atomic E-state index is 12.6. The van der Waals surface area contributed by atoms with Crippen molar-refractivity contribution in [1.82, 2.24) is 4.90 Å². The number of methoxy groups -OCH3 is 1. The third-order valence-electron chi connectivity index (χ3n) is 4.94. The van der Waals surface area contributed by atoms with Gasteiger partial charge in [0.1, 0.15) is 5.54 Å². The van der Waals surface area contributed by atoms with Crippen LogP contribution in [0.25, 0.3) is 0 Å². The second-order valence-electron chi connectivity index (χ2n) is 6.42. The number of aliphatic carboxylic acids is 1. The fraction of sp³-hybridized carbons (Fsp3) is 0.526. The maximum Gasteiger partial charge on any atom is 0.330 e. The maximum absolute atomic E-state index is 12.6. The summed E-state index contributed by atoms with van der Waals surface area (Å²) in [5.74, 6) is -1.48. The van der Waals surface area contributed by atoms with Gasteiger partial charge in [0.05, 0.1) is 13.5 Å². The molecule has 1 N–H and O–H groups in total. The van der Waals surface area contributed by atoms with Crippen LogP contribution in [0.2, 0.25) is 0 Å². The van der Waals surface area contributed by atoms with Gasteiger partial charge in [-0.3, -0.25) is 14.5 Å². The van der Waals surface area contributed by atoms with Crippen LogP contribution in [0.1, 0.15) is 32.6 Å². The molecule has 1 aliphatic rings. The average molecular weight is 399 g/mol. The number of carboxylic acids is 1. The number of para-hydroxylation sites is 1. The van der Waals surface area contributed by atoms with Crippen LogP contribution in [0, 0.1) is 0 Å². The normalized spacial score (nSPS) is 16.1. The molecule has 0 unspecified atom stereocenters. The summed E-state index contributed by atoms with van der Waals surface area (Å²) >= 11 is 0. The number of carboxylic acid groups (broad SMARTS) is 1. The van der Waals surface area contributed by atoms with E-state index in [2.05, 4.69) is 4.74 Å². The van der Waals surface area contributed by atoms with Crippen LogP contribution in [0.15, 0.2) is 30.3 Å². The Balaban J connectivity index is 0.00000364. The number of hydrogen-bond acceptors (Lipinski definition) is 5. The van der Waals surface area contributed by atoms with Crippen LogP contribution in [0.4, 0.5) is 5.69 Å². The number of amides is 1. The van der Waals surface area contributed by atoms with E-state index < -0.39 is 11.5 Å². The molecule has 0 atom stereocenters. The predicted molar refractivity (Wildman–Crippen MR) is 104 cm³/mol. The Bertz CT molecular complexity index is 645. The molecule has 0 aliphatic carbocycles. The number of esters is 1. The number of anilines is 1. The zero-order valence-corrected chi connectivity index (χ0v) is 16.5. The predicted octanol–water partition coefficient (Wildman–Crippen LogP) is 2.33. The van der Waals surface area contributed by atoms with Crippen molar-refractivity contribution in [3.63, 3.8) is 0 Å². The molecule has 2 rings (SSSR count). The van der Waals surface area contributed by atoms with Crippen LogP contribution in [-0.4, -0.2) is 60.1 Å². The van der Waals surface area contributed by atoms with E-state index in [1.807, 2.05) is 11.0 Å². The number of carbonyl (C=O) groups excluding carboxylic acids is 2. The fourth-order valence-electron chi connectivity index (χ4n) is 3.40. The summed E-state index contributed by atoms with van der Waals surface area (Å²) < 4.78 is 4.65. The standard InChI is InChI=1S/C19H26N2O5.ClH/c1-3-16(22)21(15-7-5-4-6-8-15)19(18(24)25)10-13-20(14-11-19)12-9-17(23)26-2;/h4-8H,3,9-14H2,1-2H3,(H,24,25);1H. The van der Waals surface area contributed by atoms with E-state index in [1.54, 1.807) is 31.2 Å². The number of halogens is 1. The SMILES string of the molecule is CCC(=O)N(c1ccccc1)C1(C(=O)O)CCN(CCC(=O)OC)CC1.Cl. The number of nitrogens with zero attached hydrogens (tertiary/aromatic N) is 2. The van der Waals surface area contributed by atoms with Crippen molar-refractivity contribution in [2.24, 2.45) is 0 Å². The minimum atomic E-state index is -1.27. The number of rotatable bonds is 7. The van der Waals surface area contributed by atoms with Crippen LogP contribution in [0.5, 0.6) is 0 Å². The summed E-state index contributed by atoms with van der Waals surface area (Å²) in [4.78, 5) is 39.7. The number of hydrogen-bond donors (Lipinski definition) is 1. The van der Waals surface area contributed by atoms with Crippen molar-refractivity contribution >= 4 is 35.9 Å². The van der Waals surface area contributed by atoms with Gasteiger partial charge in [0, 0.05) is 31.7 Å². The number of likely N-dealkylation sites (tertiary alicyclic amines) is 1. The molecule has 150 valence electrons. The second-order valence-corrected chi connectivity index (χ2v) is 6.42. The van der Waals surface area contributed by atoms with Gasteiger partial charge in [0.25, 0.3) is 0 Å². The van der Waals surface area contributed by atoms with Crippen LogP contribution < -0.4 is 4.90 Å². The summed E-state index contributed by atoms with van der Waals surface area (Å²) in [6.45, 7) is 3.27. The molecule has 8 heteroatoms. The Morgan fingerprint density at radius 3 is 2.26 bits per heavy atom. The van der Waals surface area contributed by atoms with E-state index in [0.29, 0.717) is 38.2 Å².